The fourth-order valence-electron chi connectivity index (χ4n) is 2.61. The minimum atomic E-state index is 0.333. The van der Waals surface area contributed by atoms with Crippen molar-refractivity contribution in [1.29, 1.82) is 0 Å². The molecule has 2 aliphatic heterocycles. The Morgan fingerprint density at radius 3 is 2.93 bits per heavy atom. The van der Waals surface area contributed by atoms with Crippen LogP contribution in [0.5, 0.6) is 0 Å². The van der Waals surface area contributed by atoms with Crippen LogP contribution in [0.1, 0.15) is 26.2 Å². The summed E-state index contributed by atoms with van der Waals surface area (Å²) in [6, 6.07) is 0.819. The van der Waals surface area contributed by atoms with Crippen molar-refractivity contribution in [3.8, 4) is 0 Å². The molecule has 2 saturated heterocycles. The van der Waals surface area contributed by atoms with Gasteiger partial charge in [-0.2, -0.15) is 0 Å². The van der Waals surface area contributed by atoms with Crippen molar-refractivity contribution in [2.75, 3.05) is 26.3 Å². The van der Waals surface area contributed by atoms with Crippen LogP contribution >= 0.6 is 0 Å². The molecule has 2 N–H and O–H groups in total. The largest absolute Gasteiger partial charge is 0.380 e. The predicted octanol–water partition coefficient (Wildman–Crippen LogP) is 0.835. The topological polar surface area (TPSA) is 38.5 Å². The third-order valence-electron chi connectivity index (χ3n) is 3.74. The molecule has 14 heavy (non-hydrogen) atoms. The van der Waals surface area contributed by atoms with Crippen LogP contribution in [0.15, 0.2) is 0 Å². The Morgan fingerprint density at radius 2 is 2.29 bits per heavy atom. The lowest BCUT2D eigenvalue weighted by Gasteiger charge is -2.35. The Bertz CT molecular complexity index is 186. The molecule has 0 aromatic heterocycles. The summed E-state index contributed by atoms with van der Waals surface area (Å²) in [5.41, 5.74) is 6.12. The first kappa shape index (κ1) is 10.4. The van der Waals surface area contributed by atoms with Crippen LogP contribution in [-0.4, -0.2) is 43.3 Å². The number of ether oxygens (including phenoxy) is 1. The van der Waals surface area contributed by atoms with E-state index in [9.17, 15) is 0 Å². The van der Waals surface area contributed by atoms with Crippen molar-refractivity contribution < 1.29 is 4.74 Å². The SMILES string of the molecule is CCC1CCN(C2COCCC2N)C1. The van der Waals surface area contributed by atoms with E-state index in [0.717, 1.165) is 25.6 Å². The lowest BCUT2D eigenvalue weighted by Crippen LogP contribution is -2.52. The molecule has 0 radical (unpaired) electrons. The van der Waals surface area contributed by atoms with Gasteiger partial charge in [-0.25, -0.2) is 0 Å². The molecule has 3 atom stereocenters. The maximum atomic E-state index is 6.12. The Morgan fingerprint density at radius 1 is 1.43 bits per heavy atom. The molecule has 0 bridgehead atoms. The summed E-state index contributed by atoms with van der Waals surface area (Å²) in [6.07, 6.45) is 3.68. The standard InChI is InChI=1S/C11H22N2O/c1-2-9-3-5-13(7-9)11-8-14-6-4-10(11)12/h9-11H,2-8,12H2,1H3. The molecule has 0 aromatic carbocycles. The summed E-state index contributed by atoms with van der Waals surface area (Å²) in [7, 11) is 0. The number of hydrogen-bond acceptors (Lipinski definition) is 3. The normalized spacial score (nSPS) is 40.3. The Labute approximate surface area is 86.6 Å². The molecule has 2 heterocycles. The lowest BCUT2D eigenvalue weighted by molar-refractivity contribution is 0.0132. The van der Waals surface area contributed by atoms with Gasteiger partial charge >= 0.3 is 0 Å². The van der Waals surface area contributed by atoms with Crippen molar-refractivity contribution >= 4 is 0 Å². The van der Waals surface area contributed by atoms with Gasteiger partial charge in [-0.05, 0) is 25.3 Å². The van der Waals surface area contributed by atoms with Gasteiger partial charge < -0.3 is 10.5 Å². The van der Waals surface area contributed by atoms with Gasteiger partial charge in [0.05, 0.1) is 6.61 Å². The van der Waals surface area contributed by atoms with Crippen LogP contribution in [0.25, 0.3) is 0 Å². The highest BCUT2D eigenvalue weighted by Crippen LogP contribution is 2.24. The molecule has 3 nitrogen and oxygen atoms in total. The summed E-state index contributed by atoms with van der Waals surface area (Å²) in [6.45, 7) is 6.43. The van der Waals surface area contributed by atoms with Crippen molar-refractivity contribution in [2.45, 2.75) is 38.3 Å². The second-order valence-electron chi connectivity index (χ2n) is 4.65. The van der Waals surface area contributed by atoms with E-state index >= 15 is 0 Å². The van der Waals surface area contributed by atoms with Crippen LogP contribution in [0.3, 0.4) is 0 Å². The van der Waals surface area contributed by atoms with Gasteiger partial charge in [0.2, 0.25) is 0 Å². The van der Waals surface area contributed by atoms with E-state index in [2.05, 4.69) is 11.8 Å². The summed E-state index contributed by atoms with van der Waals surface area (Å²) >= 11 is 0. The van der Waals surface area contributed by atoms with Crippen molar-refractivity contribution in [1.82, 2.24) is 4.90 Å². The number of likely N-dealkylation sites (tertiary alicyclic amines) is 1. The van der Waals surface area contributed by atoms with Gasteiger partial charge in [-0.1, -0.05) is 13.3 Å². The van der Waals surface area contributed by atoms with Crippen LogP contribution in [-0.2, 0) is 4.74 Å². The zero-order valence-corrected chi connectivity index (χ0v) is 9.11. The van der Waals surface area contributed by atoms with Crippen LogP contribution < -0.4 is 5.73 Å². The van der Waals surface area contributed by atoms with Crippen molar-refractivity contribution in [3.63, 3.8) is 0 Å². The quantitative estimate of drug-likeness (QED) is 0.714. The highest BCUT2D eigenvalue weighted by atomic mass is 16.5. The molecular formula is C11H22N2O. The molecule has 2 aliphatic rings. The van der Waals surface area contributed by atoms with Crippen molar-refractivity contribution in [2.24, 2.45) is 11.7 Å². The molecule has 2 rings (SSSR count). The number of rotatable bonds is 2. The molecule has 0 aliphatic carbocycles. The zero-order valence-electron chi connectivity index (χ0n) is 9.11. The first-order valence-electron chi connectivity index (χ1n) is 5.88. The zero-order chi connectivity index (χ0) is 9.97. The first-order valence-corrected chi connectivity index (χ1v) is 5.88. The van der Waals surface area contributed by atoms with Crippen molar-refractivity contribution in [3.05, 3.63) is 0 Å². The van der Waals surface area contributed by atoms with E-state index in [1.165, 1.54) is 25.9 Å². The van der Waals surface area contributed by atoms with E-state index in [1.54, 1.807) is 0 Å². The van der Waals surface area contributed by atoms with Crippen LogP contribution in [0.4, 0.5) is 0 Å². The van der Waals surface area contributed by atoms with Gasteiger partial charge in [0.1, 0.15) is 0 Å². The highest BCUT2D eigenvalue weighted by molar-refractivity contribution is 4.89. The summed E-state index contributed by atoms with van der Waals surface area (Å²) in [5, 5.41) is 0. The smallest absolute Gasteiger partial charge is 0.0636 e. The molecule has 0 spiro atoms. The Hall–Kier alpha value is -0.120. The van der Waals surface area contributed by atoms with E-state index < -0.39 is 0 Å². The Balaban J connectivity index is 1.88. The molecule has 2 fully saturated rings. The molecular weight excluding hydrogens is 176 g/mol. The summed E-state index contributed by atoms with van der Waals surface area (Å²) in [4.78, 5) is 2.54. The first-order chi connectivity index (χ1) is 6.81. The maximum Gasteiger partial charge on any atom is 0.0636 e. The molecule has 0 amide bonds. The van der Waals surface area contributed by atoms with E-state index in [0.29, 0.717) is 12.1 Å². The third kappa shape index (κ3) is 2.10. The fourth-order valence-corrected chi connectivity index (χ4v) is 2.61. The maximum absolute atomic E-state index is 6.12. The summed E-state index contributed by atoms with van der Waals surface area (Å²) < 4.78 is 5.51. The molecule has 3 heteroatoms. The van der Waals surface area contributed by atoms with Gasteiger partial charge in [0, 0.05) is 25.2 Å². The van der Waals surface area contributed by atoms with Gasteiger partial charge in [0.15, 0.2) is 0 Å². The van der Waals surface area contributed by atoms with Crippen LogP contribution in [0.2, 0.25) is 0 Å². The third-order valence-corrected chi connectivity index (χ3v) is 3.74. The molecule has 0 saturated carbocycles. The van der Waals surface area contributed by atoms with Gasteiger partial charge in [0.25, 0.3) is 0 Å². The van der Waals surface area contributed by atoms with Gasteiger partial charge in [-0.15, -0.1) is 0 Å². The number of nitrogens with zero attached hydrogens (tertiary/aromatic N) is 1. The fraction of sp³-hybridized carbons (Fsp3) is 1.00. The average Bonchev–Trinajstić information content (AvgIpc) is 2.67. The predicted molar refractivity (Wildman–Crippen MR) is 57.2 cm³/mol. The van der Waals surface area contributed by atoms with Crippen LogP contribution in [0, 0.1) is 5.92 Å². The summed E-state index contributed by atoms with van der Waals surface area (Å²) in [5.74, 6) is 0.893. The minimum Gasteiger partial charge on any atom is -0.380 e. The number of hydrogen-bond donors (Lipinski definition) is 1. The van der Waals surface area contributed by atoms with Gasteiger partial charge in [-0.3, -0.25) is 4.90 Å². The number of nitrogens with two attached hydrogens (primary N) is 1. The molecule has 0 aromatic rings. The second-order valence-corrected chi connectivity index (χ2v) is 4.65. The molecule has 3 unspecified atom stereocenters. The van der Waals surface area contributed by atoms with E-state index in [1.807, 2.05) is 0 Å². The monoisotopic (exact) mass is 198 g/mol. The minimum absolute atomic E-state index is 0.333. The highest BCUT2D eigenvalue weighted by Gasteiger charge is 2.32. The Kier molecular flexibility index (Phi) is 3.42. The lowest BCUT2D eigenvalue weighted by atomic mass is 10.0. The van der Waals surface area contributed by atoms with E-state index in [4.69, 9.17) is 10.5 Å². The molecule has 82 valence electrons. The second kappa shape index (κ2) is 4.60. The van der Waals surface area contributed by atoms with E-state index in [-0.39, 0.29) is 0 Å². The average molecular weight is 198 g/mol.